The van der Waals surface area contributed by atoms with E-state index in [1.54, 1.807) is 17.2 Å². The molecule has 0 N–H and O–H groups in total. The molecule has 0 atom stereocenters. The van der Waals surface area contributed by atoms with Gasteiger partial charge in [0.25, 0.3) is 5.82 Å². The highest BCUT2D eigenvalue weighted by atomic mass is 16.5. The van der Waals surface area contributed by atoms with Crippen LogP contribution >= 0.6 is 0 Å². The van der Waals surface area contributed by atoms with Gasteiger partial charge >= 0.3 is 0 Å². The SMILES string of the molecule is N#Cc1ncn(Cc2ccc(OCc3ccccn3)cc2)n1. The third-order valence-corrected chi connectivity index (χ3v) is 3.02. The lowest BCUT2D eigenvalue weighted by Gasteiger charge is -2.07. The fourth-order valence-corrected chi connectivity index (χ4v) is 1.94. The minimum absolute atomic E-state index is 0.176. The van der Waals surface area contributed by atoms with E-state index in [1.165, 1.54) is 0 Å². The van der Waals surface area contributed by atoms with E-state index in [9.17, 15) is 0 Å². The predicted molar refractivity (Wildman–Crippen MR) is 78.9 cm³/mol. The summed E-state index contributed by atoms with van der Waals surface area (Å²) in [6.07, 6.45) is 3.29. The molecule has 22 heavy (non-hydrogen) atoms. The van der Waals surface area contributed by atoms with Crippen LogP contribution in [0.1, 0.15) is 17.1 Å². The van der Waals surface area contributed by atoms with Crippen molar-refractivity contribution >= 4 is 0 Å². The summed E-state index contributed by atoms with van der Waals surface area (Å²) in [5, 5.41) is 12.7. The Bertz CT molecular complexity index is 774. The minimum Gasteiger partial charge on any atom is -0.487 e. The Hall–Kier alpha value is -3.20. The number of aromatic nitrogens is 4. The molecule has 0 aliphatic carbocycles. The smallest absolute Gasteiger partial charge is 0.252 e. The van der Waals surface area contributed by atoms with Crippen molar-refractivity contribution in [2.45, 2.75) is 13.2 Å². The summed E-state index contributed by atoms with van der Waals surface area (Å²) >= 11 is 0. The first-order chi connectivity index (χ1) is 10.8. The lowest BCUT2D eigenvalue weighted by atomic mass is 10.2. The fourth-order valence-electron chi connectivity index (χ4n) is 1.94. The summed E-state index contributed by atoms with van der Waals surface area (Å²) in [6.45, 7) is 1.00. The van der Waals surface area contributed by atoms with Gasteiger partial charge in [-0.15, -0.1) is 5.10 Å². The van der Waals surface area contributed by atoms with E-state index < -0.39 is 0 Å². The van der Waals surface area contributed by atoms with Gasteiger partial charge in [0.05, 0.1) is 12.2 Å². The molecule has 0 saturated heterocycles. The van der Waals surface area contributed by atoms with Gasteiger partial charge in [0.1, 0.15) is 24.8 Å². The van der Waals surface area contributed by atoms with Crippen LogP contribution in [0, 0.1) is 11.3 Å². The molecule has 2 heterocycles. The van der Waals surface area contributed by atoms with Crippen LogP contribution in [-0.2, 0) is 13.2 Å². The monoisotopic (exact) mass is 291 g/mol. The van der Waals surface area contributed by atoms with E-state index >= 15 is 0 Å². The van der Waals surface area contributed by atoms with Gasteiger partial charge in [0, 0.05) is 6.20 Å². The van der Waals surface area contributed by atoms with Gasteiger partial charge in [0.2, 0.25) is 0 Å². The van der Waals surface area contributed by atoms with Crippen LogP contribution in [0.25, 0.3) is 0 Å². The summed E-state index contributed by atoms with van der Waals surface area (Å²) in [6, 6.07) is 15.4. The fraction of sp³-hybridized carbons (Fsp3) is 0.125. The summed E-state index contributed by atoms with van der Waals surface area (Å²) in [5.74, 6) is 0.959. The lowest BCUT2D eigenvalue weighted by Crippen LogP contribution is -2.01. The van der Waals surface area contributed by atoms with Gasteiger partial charge in [-0.05, 0) is 29.8 Å². The number of benzene rings is 1. The summed E-state index contributed by atoms with van der Waals surface area (Å²) in [5.41, 5.74) is 1.94. The third-order valence-electron chi connectivity index (χ3n) is 3.02. The Morgan fingerprint density at radius 3 is 2.64 bits per heavy atom. The Morgan fingerprint density at radius 1 is 1.09 bits per heavy atom. The highest BCUT2D eigenvalue weighted by Gasteiger charge is 2.01. The van der Waals surface area contributed by atoms with Crippen molar-refractivity contribution in [1.82, 2.24) is 19.7 Å². The van der Waals surface area contributed by atoms with Crippen LogP contribution in [0.4, 0.5) is 0 Å². The molecular formula is C16H13N5O. The Kier molecular flexibility index (Phi) is 4.07. The van der Waals surface area contributed by atoms with Gasteiger partial charge in [-0.2, -0.15) is 5.26 Å². The number of rotatable bonds is 5. The van der Waals surface area contributed by atoms with Crippen molar-refractivity contribution in [2.75, 3.05) is 0 Å². The van der Waals surface area contributed by atoms with E-state index in [0.717, 1.165) is 17.0 Å². The first-order valence-electron chi connectivity index (χ1n) is 6.75. The van der Waals surface area contributed by atoms with Gasteiger partial charge in [0.15, 0.2) is 0 Å². The number of nitriles is 1. The Balaban J connectivity index is 1.59. The molecule has 0 bridgehead atoms. The van der Waals surface area contributed by atoms with Crippen molar-refractivity contribution in [2.24, 2.45) is 0 Å². The molecule has 6 nitrogen and oxygen atoms in total. The third kappa shape index (κ3) is 3.46. The quantitative estimate of drug-likeness (QED) is 0.720. The second-order valence-corrected chi connectivity index (χ2v) is 4.63. The first kappa shape index (κ1) is 13.8. The second-order valence-electron chi connectivity index (χ2n) is 4.63. The van der Waals surface area contributed by atoms with E-state index in [-0.39, 0.29) is 5.82 Å². The molecule has 0 fully saturated rings. The zero-order valence-corrected chi connectivity index (χ0v) is 11.8. The molecule has 0 unspecified atom stereocenters. The van der Waals surface area contributed by atoms with Gasteiger partial charge < -0.3 is 4.74 Å². The standard InChI is InChI=1S/C16H13N5O/c17-9-16-19-12-21(20-16)10-13-4-6-15(7-5-13)22-11-14-3-1-2-8-18-14/h1-8,12H,10-11H2. The normalized spacial score (nSPS) is 10.1. The van der Waals surface area contributed by atoms with Crippen molar-refractivity contribution in [3.8, 4) is 11.8 Å². The van der Waals surface area contributed by atoms with Crippen LogP contribution in [-0.4, -0.2) is 19.7 Å². The van der Waals surface area contributed by atoms with Crippen LogP contribution in [0.3, 0.4) is 0 Å². The zero-order chi connectivity index (χ0) is 15.2. The first-order valence-corrected chi connectivity index (χ1v) is 6.75. The molecule has 0 radical (unpaired) electrons. The molecule has 3 rings (SSSR count). The number of pyridine rings is 1. The van der Waals surface area contributed by atoms with Crippen molar-refractivity contribution < 1.29 is 4.74 Å². The molecule has 0 aliphatic heterocycles. The molecule has 0 amide bonds. The van der Waals surface area contributed by atoms with Gasteiger partial charge in [-0.1, -0.05) is 18.2 Å². The van der Waals surface area contributed by atoms with Gasteiger partial charge in [-0.3, -0.25) is 4.98 Å². The lowest BCUT2D eigenvalue weighted by molar-refractivity contribution is 0.301. The van der Waals surface area contributed by atoms with E-state index in [1.807, 2.05) is 48.5 Å². The molecule has 108 valence electrons. The highest BCUT2D eigenvalue weighted by Crippen LogP contribution is 2.14. The Labute approximate surface area is 127 Å². The van der Waals surface area contributed by atoms with E-state index in [0.29, 0.717) is 13.2 Å². The summed E-state index contributed by atoms with van der Waals surface area (Å²) in [7, 11) is 0. The predicted octanol–water partition coefficient (Wildman–Crippen LogP) is 2.17. The maximum atomic E-state index is 8.70. The van der Waals surface area contributed by atoms with Crippen LogP contribution in [0.15, 0.2) is 55.0 Å². The minimum atomic E-state index is 0.176. The second kappa shape index (κ2) is 6.50. The largest absolute Gasteiger partial charge is 0.487 e. The molecule has 0 spiro atoms. The average molecular weight is 291 g/mol. The molecule has 6 heteroatoms. The number of ether oxygens (including phenoxy) is 1. The molecule has 3 aromatic rings. The molecule has 0 aliphatic rings. The van der Waals surface area contributed by atoms with Crippen molar-refractivity contribution in [3.05, 3.63) is 72.1 Å². The van der Waals surface area contributed by atoms with E-state index in [4.69, 9.17) is 10.00 Å². The van der Waals surface area contributed by atoms with Crippen molar-refractivity contribution in [1.29, 1.82) is 5.26 Å². The Morgan fingerprint density at radius 2 is 1.95 bits per heavy atom. The van der Waals surface area contributed by atoms with Gasteiger partial charge in [-0.25, -0.2) is 9.67 Å². The molecule has 2 aromatic heterocycles. The van der Waals surface area contributed by atoms with Crippen molar-refractivity contribution in [3.63, 3.8) is 0 Å². The zero-order valence-electron chi connectivity index (χ0n) is 11.8. The summed E-state index contributed by atoms with van der Waals surface area (Å²) < 4.78 is 7.31. The van der Waals surface area contributed by atoms with Crippen LogP contribution < -0.4 is 4.74 Å². The topological polar surface area (TPSA) is 76.6 Å². The van der Waals surface area contributed by atoms with E-state index in [2.05, 4.69) is 15.1 Å². The number of nitrogens with zero attached hydrogens (tertiary/aromatic N) is 5. The molecular weight excluding hydrogens is 278 g/mol. The maximum absolute atomic E-state index is 8.70. The highest BCUT2D eigenvalue weighted by molar-refractivity contribution is 5.27. The number of hydrogen-bond donors (Lipinski definition) is 0. The number of hydrogen-bond acceptors (Lipinski definition) is 5. The van der Waals surface area contributed by atoms with Crippen LogP contribution in [0.2, 0.25) is 0 Å². The molecule has 0 saturated carbocycles. The molecule has 1 aromatic carbocycles. The maximum Gasteiger partial charge on any atom is 0.252 e. The van der Waals surface area contributed by atoms with Crippen LogP contribution in [0.5, 0.6) is 5.75 Å². The summed E-state index contributed by atoms with van der Waals surface area (Å²) in [4.78, 5) is 8.08. The average Bonchev–Trinajstić information content (AvgIpc) is 3.03.